The molecule has 0 spiro atoms. The summed E-state index contributed by atoms with van der Waals surface area (Å²) in [5, 5.41) is 5.31. The Bertz CT molecular complexity index is 594. The Balaban J connectivity index is 1.72. The van der Waals surface area contributed by atoms with Crippen molar-refractivity contribution in [3.05, 3.63) is 48.0 Å². The third kappa shape index (κ3) is 2.36. The van der Waals surface area contributed by atoms with Gasteiger partial charge in [0.15, 0.2) is 0 Å². The van der Waals surface area contributed by atoms with Gasteiger partial charge in [0.25, 0.3) is 0 Å². The van der Waals surface area contributed by atoms with Crippen LogP contribution in [-0.2, 0) is 11.2 Å². The molecule has 0 heterocycles. The molecule has 3 rings (SSSR count). The lowest BCUT2D eigenvalue weighted by Gasteiger charge is -2.05. The van der Waals surface area contributed by atoms with E-state index in [2.05, 4.69) is 29.6 Å². The highest BCUT2D eigenvalue weighted by molar-refractivity contribution is 5.85. The van der Waals surface area contributed by atoms with Crippen LogP contribution in [0.5, 0.6) is 0 Å². The molecule has 0 saturated heterocycles. The number of carbonyl (C=O) groups excluding carboxylic acids is 1. The largest absolute Gasteiger partial charge is 0.351 e. The highest BCUT2D eigenvalue weighted by atomic mass is 16.1. The molecule has 1 aliphatic rings. The second-order valence-electron chi connectivity index (χ2n) is 4.93. The van der Waals surface area contributed by atoms with Crippen LogP contribution in [0.3, 0.4) is 0 Å². The molecule has 3 heteroatoms. The molecule has 3 nitrogen and oxygen atoms in total. The second kappa shape index (κ2) is 4.42. The molecule has 0 bridgehead atoms. The summed E-state index contributed by atoms with van der Waals surface area (Å²) in [6, 6.07) is 14.6. The quantitative estimate of drug-likeness (QED) is 0.856. The molecule has 1 amide bonds. The van der Waals surface area contributed by atoms with Crippen LogP contribution in [0.1, 0.15) is 12.0 Å². The van der Waals surface area contributed by atoms with Crippen LogP contribution in [0.15, 0.2) is 42.5 Å². The lowest BCUT2D eigenvalue weighted by Crippen LogP contribution is -2.30. The second-order valence-corrected chi connectivity index (χ2v) is 4.93. The zero-order chi connectivity index (χ0) is 12.5. The van der Waals surface area contributed by atoms with E-state index in [-0.39, 0.29) is 18.0 Å². The van der Waals surface area contributed by atoms with E-state index in [1.165, 1.54) is 10.8 Å². The summed E-state index contributed by atoms with van der Waals surface area (Å²) in [6.45, 7) is 0. The van der Waals surface area contributed by atoms with E-state index in [1.807, 2.05) is 18.2 Å². The van der Waals surface area contributed by atoms with Gasteiger partial charge in [-0.2, -0.15) is 0 Å². The molecule has 92 valence electrons. The van der Waals surface area contributed by atoms with Crippen molar-refractivity contribution in [3.8, 4) is 0 Å². The molecular weight excluding hydrogens is 224 g/mol. The zero-order valence-corrected chi connectivity index (χ0v) is 10.1. The fourth-order valence-corrected chi connectivity index (χ4v) is 2.17. The molecule has 18 heavy (non-hydrogen) atoms. The summed E-state index contributed by atoms with van der Waals surface area (Å²) >= 11 is 0. The van der Waals surface area contributed by atoms with E-state index in [9.17, 15) is 4.79 Å². The standard InChI is InChI=1S/C15H16N2O/c16-13-9-14(13)17-15(18)8-10-5-6-11-3-1-2-4-12(11)7-10/h1-7,13-14H,8-9,16H2,(H,17,18). The Labute approximate surface area is 106 Å². The monoisotopic (exact) mass is 240 g/mol. The van der Waals surface area contributed by atoms with Gasteiger partial charge in [0.2, 0.25) is 5.91 Å². The van der Waals surface area contributed by atoms with Gasteiger partial charge >= 0.3 is 0 Å². The summed E-state index contributed by atoms with van der Waals surface area (Å²) in [4.78, 5) is 11.8. The van der Waals surface area contributed by atoms with Crippen molar-refractivity contribution in [2.75, 3.05) is 0 Å². The van der Waals surface area contributed by atoms with Gasteiger partial charge in [-0.05, 0) is 22.8 Å². The molecule has 1 aliphatic carbocycles. The minimum absolute atomic E-state index is 0.0585. The van der Waals surface area contributed by atoms with Crippen LogP contribution >= 0.6 is 0 Å². The van der Waals surface area contributed by atoms with Crippen LogP contribution < -0.4 is 11.1 Å². The summed E-state index contributed by atoms with van der Waals surface area (Å²) in [6.07, 6.45) is 1.33. The normalized spacial score (nSPS) is 21.8. The molecule has 0 aromatic heterocycles. The number of benzene rings is 2. The maximum Gasteiger partial charge on any atom is 0.224 e. The van der Waals surface area contributed by atoms with E-state index in [0.717, 1.165) is 12.0 Å². The zero-order valence-electron chi connectivity index (χ0n) is 10.1. The molecule has 1 fully saturated rings. The molecule has 1 saturated carbocycles. The SMILES string of the molecule is NC1CC1NC(=O)Cc1ccc2ccccc2c1. The molecule has 0 aliphatic heterocycles. The van der Waals surface area contributed by atoms with Crippen molar-refractivity contribution >= 4 is 16.7 Å². The van der Waals surface area contributed by atoms with E-state index in [0.29, 0.717) is 6.42 Å². The number of fused-ring (bicyclic) bond motifs is 1. The Hall–Kier alpha value is -1.87. The van der Waals surface area contributed by atoms with Crippen LogP contribution in [0.2, 0.25) is 0 Å². The maximum atomic E-state index is 11.8. The van der Waals surface area contributed by atoms with Crippen molar-refractivity contribution in [3.63, 3.8) is 0 Å². The first-order chi connectivity index (χ1) is 8.72. The number of hydrogen-bond acceptors (Lipinski definition) is 2. The summed E-state index contributed by atoms with van der Waals surface area (Å²) in [7, 11) is 0. The predicted octanol–water partition coefficient (Wildman–Crippen LogP) is 1.60. The minimum Gasteiger partial charge on any atom is -0.351 e. The summed E-state index contributed by atoms with van der Waals surface area (Å²) < 4.78 is 0. The van der Waals surface area contributed by atoms with Gasteiger partial charge in [-0.25, -0.2) is 0 Å². The topological polar surface area (TPSA) is 55.1 Å². The molecule has 0 radical (unpaired) electrons. The van der Waals surface area contributed by atoms with E-state index in [4.69, 9.17) is 5.73 Å². The molecule has 3 N–H and O–H groups in total. The Kier molecular flexibility index (Phi) is 2.76. The first-order valence-corrected chi connectivity index (χ1v) is 6.25. The highest BCUT2D eigenvalue weighted by Crippen LogP contribution is 2.19. The fourth-order valence-electron chi connectivity index (χ4n) is 2.17. The highest BCUT2D eigenvalue weighted by Gasteiger charge is 2.34. The third-order valence-corrected chi connectivity index (χ3v) is 3.36. The van der Waals surface area contributed by atoms with Gasteiger partial charge < -0.3 is 11.1 Å². The number of nitrogens with two attached hydrogens (primary N) is 1. The van der Waals surface area contributed by atoms with E-state index < -0.39 is 0 Å². The average Bonchev–Trinajstić information content (AvgIpc) is 3.04. The number of nitrogens with one attached hydrogen (secondary N) is 1. The minimum atomic E-state index is 0.0585. The molecule has 2 aromatic rings. The smallest absolute Gasteiger partial charge is 0.224 e. The summed E-state index contributed by atoms with van der Waals surface area (Å²) in [5.41, 5.74) is 6.71. The van der Waals surface area contributed by atoms with E-state index >= 15 is 0 Å². The van der Waals surface area contributed by atoms with Crippen LogP contribution in [0, 0.1) is 0 Å². The van der Waals surface area contributed by atoms with Gasteiger partial charge in [-0.15, -0.1) is 0 Å². The van der Waals surface area contributed by atoms with Crippen LogP contribution in [-0.4, -0.2) is 18.0 Å². The fraction of sp³-hybridized carbons (Fsp3) is 0.267. The number of carbonyl (C=O) groups is 1. The van der Waals surface area contributed by atoms with Crippen molar-refractivity contribution in [2.45, 2.75) is 24.9 Å². The molecular formula is C15H16N2O. The molecule has 2 atom stereocenters. The van der Waals surface area contributed by atoms with Gasteiger partial charge in [0, 0.05) is 12.1 Å². The number of rotatable bonds is 3. The lowest BCUT2D eigenvalue weighted by atomic mass is 10.0. The predicted molar refractivity (Wildman–Crippen MR) is 72.2 cm³/mol. The molecule has 2 aromatic carbocycles. The Morgan fingerprint density at radius 1 is 1.22 bits per heavy atom. The van der Waals surface area contributed by atoms with Crippen LogP contribution in [0.25, 0.3) is 10.8 Å². The third-order valence-electron chi connectivity index (χ3n) is 3.36. The average molecular weight is 240 g/mol. The van der Waals surface area contributed by atoms with Crippen molar-refractivity contribution < 1.29 is 4.79 Å². The van der Waals surface area contributed by atoms with Crippen molar-refractivity contribution in [2.24, 2.45) is 5.73 Å². The summed E-state index contributed by atoms with van der Waals surface area (Å²) in [5.74, 6) is 0.0585. The lowest BCUT2D eigenvalue weighted by molar-refractivity contribution is -0.120. The van der Waals surface area contributed by atoms with Gasteiger partial charge in [-0.3, -0.25) is 4.79 Å². The molecule has 2 unspecified atom stereocenters. The Morgan fingerprint density at radius 2 is 1.94 bits per heavy atom. The van der Waals surface area contributed by atoms with Crippen LogP contribution in [0.4, 0.5) is 0 Å². The van der Waals surface area contributed by atoms with Crippen molar-refractivity contribution in [1.82, 2.24) is 5.32 Å². The first-order valence-electron chi connectivity index (χ1n) is 6.25. The van der Waals surface area contributed by atoms with Gasteiger partial charge in [0.1, 0.15) is 0 Å². The number of amides is 1. The number of hydrogen-bond donors (Lipinski definition) is 2. The van der Waals surface area contributed by atoms with Crippen molar-refractivity contribution in [1.29, 1.82) is 0 Å². The van der Waals surface area contributed by atoms with Gasteiger partial charge in [-0.1, -0.05) is 42.5 Å². The van der Waals surface area contributed by atoms with E-state index in [1.54, 1.807) is 0 Å². The first kappa shape index (κ1) is 11.2. The van der Waals surface area contributed by atoms with Gasteiger partial charge in [0.05, 0.1) is 6.42 Å². The maximum absolute atomic E-state index is 11.8. The Morgan fingerprint density at radius 3 is 2.67 bits per heavy atom.